The van der Waals surface area contributed by atoms with Gasteiger partial charge in [-0.2, -0.15) is 0 Å². The summed E-state index contributed by atoms with van der Waals surface area (Å²) >= 11 is 7.58. The maximum atomic E-state index is 13.2. The van der Waals surface area contributed by atoms with Crippen molar-refractivity contribution in [3.8, 4) is 0 Å². The molecule has 0 aliphatic rings. The Morgan fingerprint density at radius 1 is 1.13 bits per heavy atom. The number of aliphatic carboxylic acids is 1. The number of halogens is 1. The highest BCUT2D eigenvalue weighted by Crippen LogP contribution is 2.35. The third kappa shape index (κ3) is 3.64. The Bertz CT molecular complexity index is 1350. The van der Waals surface area contributed by atoms with E-state index in [1.54, 1.807) is 64.5 Å². The lowest BCUT2D eigenvalue weighted by atomic mass is 10.1. The average molecular weight is 460 g/mol. The molecule has 0 fully saturated rings. The predicted molar refractivity (Wildman–Crippen MR) is 118 cm³/mol. The van der Waals surface area contributed by atoms with E-state index in [1.165, 1.54) is 11.3 Å². The first-order valence-corrected chi connectivity index (χ1v) is 11.9. The van der Waals surface area contributed by atoms with E-state index in [1.807, 2.05) is 6.92 Å². The first kappa shape index (κ1) is 20.7. The molecule has 4 rings (SSSR count). The lowest BCUT2D eigenvalue weighted by Crippen LogP contribution is -2.10. The number of fused-ring (bicyclic) bond motifs is 1. The number of thiophene rings is 1. The minimum Gasteiger partial charge on any atom is -0.480 e. The molecule has 8 heteroatoms. The fraction of sp³-hybridized carbons (Fsp3) is 0.136. The molecule has 0 aliphatic carbocycles. The Kier molecular flexibility index (Phi) is 5.44. The lowest BCUT2D eigenvalue weighted by Gasteiger charge is -2.08. The molecule has 1 N–H and O–H groups in total. The summed E-state index contributed by atoms with van der Waals surface area (Å²) in [7, 11) is -3.65. The van der Waals surface area contributed by atoms with E-state index < -0.39 is 15.8 Å². The maximum Gasteiger partial charge on any atom is 0.323 e. The van der Waals surface area contributed by atoms with Crippen molar-refractivity contribution >= 4 is 49.6 Å². The standard InChI is InChI=1S/C22H18ClNO4S2/c1-14-17(18-11-15(23)7-8-19(18)24(14)13-22(25)26)12-20-21(9-10-29-20)30(27,28)16-5-3-2-4-6-16/h2-11H,12-13H2,1H3,(H,25,26). The molecule has 0 saturated heterocycles. The van der Waals surface area contributed by atoms with E-state index in [4.69, 9.17) is 11.6 Å². The smallest absolute Gasteiger partial charge is 0.323 e. The Morgan fingerprint density at radius 3 is 2.57 bits per heavy atom. The summed E-state index contributed by atoms with van der Waals surface area (Å²) in [5, 5.41) is 12.5. The fourth-order valence-corrected chi connectivity index (χ4v) is 6.57. The Balaban J connectivity index is 1.84. The molecule has 4 aromatic rings. The molecular formula is C22H18ClNO4S2. The third-order valence-corrected chi connectivity index (χ3v) is 8.23. The van der Waals surface area contributed by atoms with Gasteiger partial charge in [-0.05, 0) is 54.3 Å². The molecule has 5 nitrogen and oxygen atoms in total. The molecule has 0 unspecified atom stereocenters. The highest BCUT2D eigenvalue weighted by atomic mass is 35.5. The van der Waals surface area contributed by atoms with Crippen LogP contribution in [-0.2, 0) is 27.6 Å². The van der Waals surface area contributed by atoms with Gasteiger partial charge in [0, 0.05) is 32.9 Å². The van der Waals surface area contributed by atoms with Crippen molar-refractivity contribution in [3.63, 3.8) is 0 Å². The van der Waals surface area contributed by atoms with Gasteiger partial charge in [0.05, 0.1) is 9.79 Å². The van der Waals surface area contributed by atoms with Gasteiger partial charge in [0.25, 0.3) is 0 Å². The monoisotopic (exact) mass is 459 g/mol. The molecule has 0 saturated carbocycles. The van der Waals surface area contributed by atoms with Crippen LogP contribution in [0.5, 0.6) is 0 Å². The Hall–Kier alpha value is -2.61. The van der Waals surface area contributed by atoms with Crippen LogP contribution in [0.15, 0.2) is 69.8 Å². The number of carbonyl (C=O) groups is 1. The molecule has 2 heterocycles. The van der Waals surface area contributed by atoms with Gasteiger partial charge in [0.15, 0.2) is 0 Å². The predicted octanol–water partition coefficient (Wildman–Crippen LogP) is 5.17. The van der Waals surface area contributed by atoms with E-state index in [0.29, 0.717) is 16.3 Å². The number of nitrogens with zero attached hydrogens (tertiary/aromatic N) is 1. The minimum absolute atomic E-state index is 0.177. The molecular weight excluding hydrogens is 442 g/mol. The highest BCUT2D eigenvalue weighted by molar-refractivity contribution is 7.91. The van der Waals surface area contributed by atoms with Crippen LogP contribution in [0, 0.1) is 6.92 Å². The number of aromatic nitrogens is 1. The normalized spacial score (nSPS) is 11.8. The fourth-order valence-electron chi connectivity index (χ4n) is 3.67. The molecule has 30 heavy (non-hydrogen) atoms. The van der Waals surface area contributed by atoms with Crippen LogP contribution in [0.1, 0.15) is 16.1 Å². The zero-order chi connectivity index (χ0) is 21.5. The maximum absolute atomic E-state index is 13.2. The van der Waals surface area contributed by atoms with Crippen molar-refractivity contribution < 1.29 is 18.3 Å². The van der Waals surface area contributed by atoms with Crippen molar-refractivity contribution in [2.24, 2.45) is 0 Å². The molecule has 2 aromatic carbocycles. The largest absolute Gasteiger partial charge is 0.480 e. The molecule has 0 aliphatic heterocycles. The van der Waals surface area contributed by atoms with E-state index in [0.717, 1.165) is 22.2 Å². The second-order valence-electron chi connectivity index (χ2n) is 6.91. The van der Waals surface area contributed by atoms with E-state index in [-0.39, 0.29) is 16.3 Å². The molecule has 0 spiro atoms. The van der Waals surface area contributed by atoms with Gasteiger partial charge >= 0.3 is 5.97 Å². The van der Waals surface area contributed by atoms with Crippen LogP contribution in [0.25, 0.3) is 10.9 Å². The average Bonchev–Trinajstić information content (AvgIpc) is 3.28. The third-order valence-electron chi connectivity index (χ3n) is 5.09. The van der Waals surface area contributed by atoms with Crippen LogP contribution >= 0.6 is 22.9 Å². The summed E-state index contributed by atoms with van der Waals surface area (Å²) in [5.41, 5.74) is 2.42. The highest BCUT2D eigenvalue weighted by Gasteiger charge is 2.24. The topological polar surface area (TPSA) is 76.4 Å². The summed E-state index contributed by atoms with van der Waals surface area (Å²) in [6.45, 7) is 1.68. The van der Waals surface area contributed by atoms with Crippen LogP contribution < -0.4 is 0 Å². The zero-order valence-corrected chi connectivity index (χ0v) is 18.4. The van der Waals surface area contributed by atoms with Gasteiger partial charge in [-0.1, -0.05) is 29.8 Å². The lowest BCUT2D eigenvalue weighted by molar-refractivity contribution is -0.137. The zero-order valence-electron chi connectivity index (χ0n) is 16.0. The van der Waals surface area contributed by atoms with Gasteiger partial charge < -0.3 is 9.67 Å². The molecule has 0 radical (unpaired) electrons. The van der Waals surface area contributed by atoms with Crippen LogP contribution in [0.2, 0.25) is 5.02 Å². The first-order chi connectivity index (χ1) is 14.3. The molecule has 0 amide bonds. The van der Waals surface area contributed by atoms with Crippen molar-refractivity contribution in [3.05, 3.63) is 81.1 Å². The number of rotatable bonds is 6. The van der Waals surface area contributed by atoms with Crippen molar-refractivity contribution in [2.45, 2.75) is 29.7 Å². The summed E-state index contributed by atoms with van der Waals surface area (Å²) in [4.78, 5) is 12.6. The number of hydrogen-bond donors (Lipinski definition) is 1. The van der Waals surface area contributed by atoms with Crippen molar-refractivity contribution in [1.29, 1.82) is 0 Å². The first-order valence-electron chi connectivity index (χ1n) is 9.14. The van der Waals surface area contributed by atoms with Gasteiger partial charge in [0.2, 0.25) is 9.84 Å². The Morgan fingerprint density at radius 2 is 1.87 bits per heavy atom. The SMILES string of the molecule is Cc1c(Cc2sccc2S(=O)(=O)c2ccccc2)c2cc(Cl)ccc2n1CC(=O)O. The number of hydrogen-bond acceptors (Lipinski definition) is 4. The van der Waals surface area contributed by atoms with Gasteiger partial charge in [0.1, 0.15) is 6.54 Å². The number of benzene rings is 2. The number of carboxylic acids is 1. The Labute approximate surface area is 183 Å². The molecule has 0 bridgehead atoms. The quantitative estimate of drug-likeness (QED) is 0.431. The summed E-state index contributed by atoms with van der Waals surface area (Å²) < 4.78 is 28.0. The van der Waals surface area contributed by atoms with Crippen molar-refractivity contribution in [1.82, 2.24) is 4.57 Å². The van der Waals surface area contributed by atoms with Gasteiger partial charge in [-0.3, -0.25) is 4.79 Å². The molecule has 154 valence electrons. The van der Waals surface area contributed by atoms with Crippen LogP contribution in [0.3, 0.4) is 0 Å². The van der Waals surface area contributed by atoms with Gasteiger partial charge in [-0.15, -0.1) is 11.3 Å². The molecule has 0 atom stereocenters. The van der Waals surface area contributed by atoms with Crippen molar-refractivity contribution in [2.75, 3.05) is 0 Å². The summed E-state index contributed by atoms with van der Waals surface area (Å²) in [5.74, 6) is -0.944. The number of carboxylic acid groups (broad SMARTS) is 1. The summed E-state index contributed by atoms with van der Waals surface area (Å²) in [6, 6.07) is 15.3. The minimum atomic E-state index is -3.65. The van der Waals surface area contributed by atoms with E-state index >= 15 is 0 Å². The van der Waals surface area contributed by atoms with Crippen LogP contribution in [0.4, 0.5) is 0 Å². The van der Waals surface area contributed by atoms with E-state index in [2.05, 4.69) is 0 Å². The van der Waals surface area contributed by atoms with Crippen LogP contribution in [-0.4, -0.2) is 24.1 Å². The second-order valence-corrected chi connectivity index (χ2v) is 10.3. The van der Waals surface area contributed by atoms with E-state index in [9.17, 15) is 18.3 Å². The summed E-state index contributed by atoms with van der Waals surface area (Å²) in [6.07, 6.45) is 0.369. The second kappa shape index (κ2) is 7.91. The van der Waals surface area contributed by atoms with Gasteiger partial charge in [-0.25, -0.2) is 8.42 Å². The number of sulfone groups is 1. The molecule has 2 aromatic heterocycles.